The minimum atomic E-state index is 0.703. The van der Waals surface area contributed by atoms with Crippen LogP contribution in [0, 0.1) is 0 Å². The highest BCUT2D eigenvalue weighted by molar-refractivity contribution is 7.19. The Morgan fingerprint density at radius 1 is 1.29 bits per heavy atom. The monoisotopic (exact) mass is 265 g/mol. The van der Waals surface area contributed by atoms with Gasteiger partial charge in [-0.15, -0.1) is 21.5 Å². The molecular formula is C11H8ClN3OS. The molecule has 0 bridgehead atoms. The SMILES string of the molecule is COc1cccn2c(-c3ccc(Cl)s3)nnc12. The number of fused-ring (bicyclic) bond motifs is 1. The van der Waals surface area contributed by atoms with Gasteiger partial charge in [0.1, 0.15) is 0 Å². The van der Waals surface area contributed by atoms with Crippen molar-refractivity contribution in [1.82, 2.24) is 14.6 Å². The van der Waals surface area contributed by atoms with Crippen LogP contribution in [-0.2, 0) is 0 Å². The van der Waals surface area contributed by atoms with Gasteiger partial charge >= 0.3 is 0 Å². The van der Waals surface area contributed by atoms with E-state index in [1.807, 2.05) is 34.9 Å². The summed E-state index contributed by atoms with van der Waals surface area (Å²) in [5, 5.41) is 8.30. The number of thiophene rings is 1. The van der Waals surface area contributed by atoms with Crippen molar-refractivity contribution in [3.05, 3.63) is 34.8 Å². The minimum Gasteiger partial charge on any atom is -0.493 e. The molecule has 0 fully saturated rings. The first kappa shape index (κ1) is 10.6. The molecular weight excluding hydrogens is 258 g/mol. The second kappa shape index (κ2) is 4.01. The first-order valence-electron chi connectivity index (χ1n) is 4.93. The van der Waals surface area contributed by atoms with Crippen molar-refractivity contribution in [2.24, 2.45) is 0 Å². The summed E-state index contributed by atoms with van der Waals surface area (Å²) < 4.78 is 7.86. The highest BCUT2D eigenvalue weighted by Crippen LogP contribution is 2.31. The third-order valence-corrected chi connectivity index (χ3v) is 3.64. The molecule has 0 spiro atoms. The number of ether oxygens (including phenoxy) is 1. The third kappa shape index (κ3) is 1.67. The fourth-order valence-electron chi connectivity index (χ4n) is 1.65. The summed E-state index contributed by atoms with van der Waals surface area (Å²) >= 11 is 7.40. The van der Waals surface area contributed by atoms with Gasteiger partial charge in [0.2, 0.25) is 5.65 Å². The first-order chi connectivity index (χ1) is 8.29. The highest BCUT2D eigenvalue weighted by Gasteiger charge is 2.12. The Labute approximate surface area is 106 Å². The second-order valence-electron chi connectivity index (χ2n) is 3.40. The van der Waals surface area contributed by atoms with Crippen LogP contribution in [0.1, 0.15) is 0 Å². The van der Waals surface area contributed by atoms with Gasteiger partial charge in [-0.2, -0.15) is 0 Å². The van der Waals surface area contributed by atoms with E-state index in [-0.39, 0.29) is 0 Å². The number of pyridine rings is 1. The Kier molecular flexibility index (Phi) is 2.49. The Hall–Kier alpha value is -1.59. The van der Waals surface area contributed by atoms with Gasteiger partial charge in [-0.05, 0) is 24.3 Å². The zero-order chi connectivity index (χ0) is 11.8. The molecule has 0 aliphatic carbocycles. The summed E-state index contributed by atoms with van der Waals surface area (Å²) in [4.78, 5) is 0.982. The summed E-state index contributed by atoms with van der Waals surface area (Å²) in [7, 11) is 1.62. The first-order valence-corrected chi connectivity index (χ1v) is 6.12. The van der Waals surface area contributed by atoms with Crippen molar-refractivity contribution in [3.8, 4) is 16.5 Å². The quantitative estimate of drug-likeness (QED) is 0.715. The zero-order valence-electron chi connectivity index (χ0n) is 8.92. The number of hydrogen-bond donors (Lipinski definition) is 0. The predicted molar refractivity (Wildman–Crippen MR) is 67.9 cm³/mol. The Morgan fingerprint density at radius 2 is 2.18 bits per heavy atom. The van der Waals surface area contributed by atoms with Crippen LogP contribution < -0.4 is 4.74 Å². The summed E-state index contributed by atoms with van der Waals surface area (Å²) in [5.74, 6) is 1.48. The molecule has 4 nitrogen and oxygen atoms in total. The van der Waals surface area contributed by atoms with E-state index in [1.165, 1.54) is 11.3 Å². The number of halogens is 1. The predicted octanol–water partition coefficient (Wildman–Crippen LogP) is 3.12. The maximum atomic E-state index is 5.92. The summed E-state index contributed by atoms with van der Waals surface area (Å²) in [5.41, 5.74) is 0.703. The van der Waals surface area contributed by atoms with Crippen LogP contribution in [-0.4, -0.2) is 21.7 Å². The molecule has 6 heteroatoms. The topological polar surface area (TPSA) is 39.4 Å². The van der Waals surface area contributed by atoms with Crippen molar-refractivity contribution < 1.29 is 4.74 Å². The molecule has 3 heterocycles. The van der Waals surface area contributed by atoms with Gasteiger partial charge in [0, 0.05) is 6.20 Å². The van der Waals surface area contributed by atoms with E-state index in [4.69, 9.17) is 16.3 Å². The number of methoxy groups -OCH3 is 1. The van der Waals surface area contributed by atoms with Crippen molar-refractivity contribution >= 4 is 28.6 Å². The van der Waals surface area contributed by atoms with E-state index in [1.54, 1.807) is 7.11 Å². The Bertz CT molecular complexity index is 676. The van der Waals surface area contributed by atoms with Crippen LogP contribution in [0.2, 0.25) is 4.34 Å². The molecule has 0 saturated heterocycles. The van der Waals surface area contributed by atoms with Crippen LogP contribution in [0.25, 0.3) is 16.3 Å². The van der Waals surface area contributed by atoms with Crippen molar-refractivity contribution in [3.63, 3.8) is 0 Å². The number of aromatic nitrogens is 3. The molecule has 0 aromatic carbocycles. The van der Waals surface area contributed by atoms with E-state index in [2.05, 4.69) is 10.2 Å². The molecule has 0 saturated carbocycles. The van der Waals surface area contributed by atoms with Gasteiger partial charge in [0.25, 0.3) is 0 Å². The molecule has 0 N–H and O–H groups in total. The Balaban J connectivity index is 2.25. The highest BCUT2D eigenvalue weighted by atomic mass is 35.5. The van der Waals surface area contributed by atoms with E-state index >= 15 is 0 Å². The van der Waals surface area contributed by atoms with Crippen molar-refractivity contribution in [1.29, 1.82) is 0 Å². The fraction of sp³-hybridized carbons (Fsp3) is 0.0909. The smallest absolute Gasteiger partial charge is 0.203 e. The number of rotatable bonds is 2. The lowest BCUT2D eigenvalue weighted by atomic mass is 10.4. The third-order valence-electron chi connectivity index (χ3n) is 2.41. The fourth-order valence-corrected chi connectivity index (χ4v) is 2.68. The molecule has 0 aliphatic rings. The molecule has 3 rings (SSSR count). The summed E-state index contributed by atoms with van der Waals surface area (Å²) in [6.45, 7) is 0. The van der Waals surface area contributed by atoms with Gasteiger partial charge in [-0.25, -0.2) is 0 Å². The normalized spacial score (nSPS) is 10.9. The van der Waals surface area contributed by atoms with Gasteiger partial charge < -0.3 is 4.74 Å². The van der Waals surface area contributed by atoms with Gasteiger partial charge in [0.15, 0.2) is 11.6 Å². The van der Waals surface area contributed by atoms with Gasteiger partial charge in [-0.1, -0.05) is 11.6 Å². The average Bonchev–Trinajstić information content (AvgIpc) is 2.94. The van der Waals surface area contributed by atoms with E-state index in [0.717, 1.165) is 15.0 Å². The van der Waals surface area contributed by atoms with E-state index in [9.17, 15) is 0 Å². The van der Waals surface area contributed by atoms with Crippen LogP contribution in [0.15, 0.2) is 30.5 Å². The van der Waals surface area contributed by atoms with Crippen LogP contribution >= 0.6 is 22.9 Å². The average molecular weight is 266 g/mol. The molecule has 0 amide bonds. The molecule has 0 radical (unpaired) electrons. The molecule has 86 valence electrons. The second-order valence-corrected chi connectivity index (χ2v) is 5.11. The molecule has 3 aromatic rings. The summed E-state index contributed by atoms with van der Waals surface area (Å²) in [6.07, 6.45) is 1.90. The largest absolute Gasteiger partial charge is 0.493 e. The standard InChI is InChI=1S/C11H8ClN3OS/c1-16-7-3-2-6-15-10(7)13-14-11(15)8-4-5-9(12)17-8/h2-6H,1H3. The lowest BCUT2D eigenvalue weighted by molar-refractivity contribution is 0.417. The lowest BCUT2D eigenvalue weighted by Gasteiger charge is -2.01. The Morgan fingerprint density at radius 3 is 2.88 bits per heavy atom. The minimum absolute atomic E-state index is 0.703. The summed E-state index contributed by atoms with van der Waals surface area (Å²) in [6, 6.07) is 7.54. The van der Waals surface area contributed by atoms with E-state index in [0.29, 0.717) is 11.4 Å². The zero-order valence-corrected chi connectivity index (χ0v) is 10.5. The maximum Gasteiger partial charge on any atom is 0.203 e. The number of hydrogen-bond acceptors (Lipinski definition) is 4. The number of nitrogens with zero attached hydrogens (tertiary/aromatic N) is 3. The van der Waals surface area contributed by atoms with Crippen LogP contribution in [0.4, 0.5) is 0 Å². The molecule has 0 atom stereocenters. The molecule has 0 aliphatic heterocycles. The van der Waals surface area contributed by atoms with Gasteiger partial charge in [0.05, 0.1) is 16.3 Å². The van der Waals surface area contributed by atoms with Crippen molar-refractivity contribution in [2.75, 3.05) is 7.11 Å². The lowest BCUT2D eigenvalue weighted by Crippen LogP contribution is -1.90. The van der Waals surface area contributed by atoms with E-state index < -0.39 is 0 Å². The molecule has 0 unspecified atom stereocenters. The molecule has 17 heavy (non-hydrogen) atoms. The van der Waals surface area contributed by atoms with Crippen LogP contribution in [0.5, 0.6) is 5.75 Å². The van der Waals surface area contributed by atoms with Gasteiger partial charge in [-0.3, -0.25) is 4.40 Å². The van der Waals surface area contributed by atoms with Crippen LogP contribution in [0.3, 0.4) is 0 Å². The molecule has 3 aromatic heterocycles. The maximum absolute atomic E-state index is 5.92. The van der Waals surface area contributed by atoms with Crippen molar-refractivity contribution in [2.45, 2.75) is 0 Å².